The Bertz CT molecular complexity index is 572. The van der Waals surface area contributed by atoms with Gasteiger partial charge in [-0.1, -0.05) is 0 Å². The van der Waals surface area contributed by atoms with Crippen LogP contribution in [0.4, 0.5) is 5.69 Å². The summed E-state index contributed by atoms with van der Waals surface area (Å²) in [6, 6.07) is 3.42. The molecule has 0 atom stereocenters. The fourth-order valence-corrected chi connectivity index (χ4v) is 2.60. The molecule has 0 aliphatic carbocycles. The molecule has 0 aromatic heterocycles. The fraction of sp³-hybridized carbons (Fsp3) is 0.455. The second-order valence-corrected chi connectivity index (χ2v) is 5.69. The van der Waals surface area contributed by atoms with E-state index in [0.717, 1.165) is 6.07 Å². The van der Waals surface area contributed by atoms with Gasteiger partial charge >= 0.3 is 5.69 Å². The molecule has 8 nitrogen and oxygen atoms in total. The summed E-state index contributed by atoms with van der Waals surface area (Å²) in [4.78, 5) is 9.94. The first-order chi connectivity index (χ1) is 9.42. The number of nitro benzene ring substituents is 1. The van der Waals surface area contributed by atoms with E-state index in [4.69, 9.17) is 9.84 Å². The summed E-state index contributed by atoms with van der Waals surface area (Å²) in [6.07, 6.45) is 0.958. The molecular weight excluding hydrogens is 288 g/mol. The standard InChI is InChI=1S/C11H16N2O6S/c1-19-11-5-4-9(8-10(11)13(15)16)20(17,18)12-6-2-3-7-14/h4-5,8,12,14H,2-3,6-7H2,1H3. The lowest BCUT2D eigenvalue weighted by molar-refractivity contribution is -0.386. The highest BCUT2D eigenvalue weighted by Gasteiger charge is 2.21. The maximum Gasteiger partial charge on any atom is 0.312 e. The normalized spacial score (nSPS) is 11.3. The number of aliphatic hydroxyl groups excluding tert-OH is 1. The molecule has 2 N–H and O–H groups in total. The third-order valence-electron chi connectivity index (χ3n) is 2.53. The zero-order valence-electron chi connectivity index (χ0n) is 10.9. The van der Waals surface area contributed by atoms with E-state index in [1.165, 1.54) is 19.2 Å². The van der Waals surface area contributed by atoms with E-state index in [-0.39, 0.29) is 23.8 Å². The number of methoxy groups -OCH3 is 1. The summed E-state index contributed by atoms with van der Waals surface area (Å²) >= 11 is 0. The van der Waals surface area contributed by atoms with Crippen LogP contribution in [0.25, 0.3) is 0 Å². The third-order valence-corrected chi connectivity index (χ3v) is 3.99. The molecule has 0 amide bonds. The lowest BCUT2D eigenvalue weighted by atomic mass is 10.3. The number of nitrogens with zero attached hydrogens (tertiary/aromatic N) is 1. The van der Waals surface area contributed by atoms with Crippen molar-refractivity contribution >= 4 is 15.7 Å². The van der Waals surface area contributed by atoms with Gasteiger partial charge in [0.25, 0.3) is 0 Å². The largest absolute Gasteiger partial charge is 0.490 e. The molecule has 0 saturated heterocycles. The minimum absolute atomic E-state index is 0.00534. The smallest absolute Gasteiger partial charge is 0.312 e. The second-order valence-electron chi connectivity index (χ2n) is 3.92. The number of hydrogen-bond acceptors (Lipinski definition) is 6. The maximum atomic E-state index is 11.9. The molecule has 0 spiro atoms. The number of rotatable bonds is 8. The Morgan fingerprint density at radius 2 is 2.10 bits per heavy atom. The summed E-state index contributed by atoms with van der Waals surface area (Å²) in [6.45, 7) is 0.137. The number of benzene rings is 1. The van der Waals surface area contributed by atoms with Crippen molar-refractivity contribution < 1.29 is 23.2 Å². The summed E-state index contributed by atoms with van der Waals surface area (Å²) in [5.74, 6) is -0.00534. The van der Waals surface area contributed by atoms with Gasteiger partial charge in [-0.3, -0.25) is 10.1 Å². The number of nitrogens with one attached hydrogen (secondary N) is 1. The molecule has 0 fully saturated rings. The molecule has 0 aliphatic heterocycles. The number of sulfonamides is 1. The Labute approximate surface area is 116 Å². The predicted octanol–water partition coefficient (Wildman–Crippen LogP) is 0.654. The molecule has 0 radical (unpaired) electrons. The van der Waals surface area contributed by atoms with Gasteiger partial charge in [0, 0.05) is 19.2 Å². The van der Waals surface area contributed by atoms with E-state index in [1.54, 1.807) is 0 Å². The van der Waals surface area contributed by atoms with Crippen molar-refractivity contribution in [1.82, 2.24) is 4.72 Å². The lowest BCUT2D eigenvalue weighted by Gasteiger charge is -2.07. The van der Waals surface area contributed by atoms with Crippen LogP contribution in [0.3, 0.4) is 0 Å². The number of nitro groups is 1. The fourth-order valence-electron chi connectivity index (χ4n) is 1.51. The topological polar surface area (TPSA) is 119 Å². The monoisotopic (exact) mass is 304 g/mol. The molecule has 112 valence electrons. The van der Waals surface area contributed by atoms with E-state index in [2.05, 4.69) is 4.72 Å². The van der Waals surface area contributed by atoms with E-state index >= 15 is 0 Å². The summed E-state index contributed by atoms with van der Waals surface area (Å²) < 4.78 is 31.0. The van der Waals surface area contributed by atoms with Crippen molar-refractivity contribution in [2.45, 2.75) is 17.7 Å². The predicted molar refractivity (Wildman–Crippen MR) is 71.2 cm³/mol. The summed E-state index contributed by atoms with van der Waals surface area (Å²) in [7, 11) is -2.55. The van der Waals surface area contributed by atoms with Gasteiger partial charge in [0.05, 0.1) is 16.9 Å². The first-order valence-electron chi connectivity index (χ1n) is 5.85. The molecule has 1 aromatic rings. The molecule has 1 aromatic carbocycles. The average Bonchev–Trinajstić information content (AvgIpc) is 2.42. The number of aliphatic hydroxyl groups is 1. The van der Waals surface area contributed by atoms with Crippen molar-refractivity contribution in [3.05, 3.63) is 28.3 Å². The molecule has 0 aliphatic rings. The first kappa shape index (κ1) is 16.3. The average molecular weight is 304 g/mol. The number of ether oxygens (including phenoxy) is 1. The Kier molecular flexibility index (Phi) is 5.86. The van der Waals surface area contributed by atoms with Gasteiger partial charge in [0.1, 0.15) is 0 Å². The summed E-state index contributed by atoms with van der Waals surface area (Å²) in [5, 5.41) is 19.4. The molecule has 0 bridgehead atoms. The SMILES string of the molecule is COc1ccc(S(=O)(=O)NCCCCO)cc1[N+](=O)[O-]. The van der Waals surface area contributed by atoms with Crippen LogP contribution >= 0.6 is 0 Å². The highest BCUT2D eigenvalue weighted by Crippen LogP contribution is 2.29. The van der Waals surface area contributed by atoms with E-state index in [1.807, 2.05) is 0 Å². The van der Waals surface area contributed by atoms with Gasteiger partial charge in [-0.05, 0) is 25.0 Å². The first-order valence-corrected chi connectivity index (χ1v) is 7.33. The van der Waals surface area contributed by atoms with Gasteiger partial charge in [0.15, 0.2) is 5.75 Å². The van der Waals surface area contributed by atoms with Crippen LogP contribution in [0, 0.1) is 10.1 Å². The van der Waals surface area contributed by atoms with E-state index in [9.17, 15) is 18.5 Å². The molecule has 0 heterocycles. The Hall–Kier alpha value is -1.71. The highest BCUT2D eigenvalue weighted by molar-refractivity contribution is 7.89. The van der Waals surface area contributed by atoms with Crippen molar-refractivity contribution in [2.24, 2.45) is 0 Å². The highest BCUT2D eigenvalue weighted by atomic mass is 32.2. The number of hydrogen-bond donors (Lipinski definition) is 2. The van der Waals surface area contributed by atoms with E-state index < -0.39 is 20.6 Å². The Morgan fingerprint density at radius 3 is 2.65 bits per heavy atom. The van der Waals surface area contributed by atoms with Gasteiger partial charge in [-0.2, -0.15) is 0 Å². The van der Waals surface area contributed by atoms with Gasteiger partial charge < -0.3 is 9.84 Å². The van der Waals surface area contributed by atoms with Crippen molar-refractivity contribution in [1.29, 1.82) is 0 Å². The van der Waals surface area contributed by atoms with Gasteiger partial charge in [0.2, 0.25) is 10.0 Å². The molecule has 1 rings (SSSR count). The molecule has 20 heavy (non-hydrogen) atoms. The Balaban J connectivity index is 2.95. The molecule has 9 heteroatoms. The van der Waals surface area contributed by atoms with Crippen LogP contribution in [0.5, 0.6) is 5.75 Å². The van der Waals surface area contributed by atoms with Crippen molar-refractivity contribution in [3.63, 3.8) is 0 Å². The van der Waals surface area contributed by atoms with Gasteiger partial charge in [-0.15, -0.1) is 0 Å². The van der Waals surface area contributed by atoms with Crippen LogP contribution in [-0.4, -0.2) is 38.7 Å². The minimum atomic E-state index is -3.81. The van der Waals surface area contributed by atoms with Crippen LogP contribution < -0.4 is 9.46 Å². The Morgan fingerprint density at radius 1 is 1.40 bits per heavy atom. The molecule has 0 saturated carbocycles. The van der Waals surface area contributed by atoms with Crippen LogP contribution in [0.1, 0.15) is 12.8 Å². The zero-order valence-corrected chi connectivity index (χ0v) is 11.7. The molecular formula is C11H16N2O6S. The van der Waals surface area contributed by atoms with Crippen LogP contribution in [0.2, 0.25) is 0 Å². The summed E-state index contributed by atoms with van der Waals surface area (Å²) in [5.41, 5.74) is -0.411. The quantitative estimate of drug-likeness (QED) is 0.413. The van der Waals surface area contributed by atoms with Crippen molar-refractivity contribution in [3.8, 4) is 5.75 Å². The lowest BCUT2D eigenvalue weighted by Crippen LogP contribution is -2.25. The number of unbranched alkanes of at least 4 members (excludes halogenated alkanes) is 1. The maximum absolute atomic E-state index is 11.9. The minimum Gasteiger partial charge on any atom is -0.490 e. The zero-order chi connectivity index (χ0) is 15.2. The van der Waals surface area contributed by atoms with Gasteiger partial charge in [-0.25, -0.2) is 13.1 Å². The van der Waals surface area contributed by atoms with E-state index in [0.29, 0.717) is 12.8 Å². The molecule has 0 unspecified atom stereocenters. The van der Waals surface area contributed by atoms with Crippen molar-refractivity contribution in [2.75, 3.05) is 20.3 Å². The van der Waals surface area contributed by atoms with Crippen LogP contribution in [-0.2, 0) is 10.0 Å². The third kappa shape index (κ3) is 4.15. The van der Waals surface area contributed by atoms with Crippen LogP contribution in [0.15, 0.2) is 23.1 Å². The second kappa shape index (κ2) is 7.17.